The zero-order chi connectivity index (χ0) is 17.8. The van der Waals surface area contributed by atoms with Crippen molar-refractivity contribution in [2.24, 2.45) is 5.92 Å². The molecule has 0 spiro atoms. The van der Waals surface area contributed by atoms with Gasteiger partial charge in [-0.25, -0.2) is 4.68 Å². The monoisotopic (exact) mass is 357 g/mol. The Bertz CT molecular complexity index is 626. The van der Waals surface area contributed by atoms with Gasteiger partial charge in [0, 0.05) is 32.7 Å². The van der Waals surface area contributed by atoms with Gasteiger partial charge in [-0.2, -0.15) is 0 Å². The third-order valence-electron chi connectivity index (χ3n) is 6.20. The summed E-state index contributed by atoms with van der Waals surface area (Å²) in [5.41, 5.74) is 0.517. The second-order valence-electron chi connectivity index (χ2n) is 8.12. The summed E-state index contributed by atoms with van der Waals surface area (Å²) in [6.07, 6.45) is 16.0. The first-order valence-corrected chi connectivity index (χ1v) is 10.4. The molecule has 1 aromatic heterocycles. The molecule has 0 radical (unpaired) electrons. The predicted molar refractivity (Wildman–Crippen MR) is 101 cm³/mol. The fourth-order valence-corrected chi connectivity index (χ4v) is 4.57. The van der Waals surface area contributed by atoms with Crippen LogP contribution in [0.4, 0.5) is 0 Å². The van der Waals surface area contributed by atoms with Crippen LogP contribution < -0.4 is 0 Å². The summed E-state index contributed by atoms with van der Waals surface area (Å²) in [5.74, 6) is 0.885. The van der Waals surface area contributed by atoms with Gasteiger partial charge in [0.05, 0.1) is 12.2 Å². The van der Waals surface area contributed by atoms with Gasteiger partial charge < -0.3 is 9.80 Å². The van der Waals surface area contributed by atoms with Crippen LogP contribution in [0.2, 0.25) is 0 Å². The molecular formula is C20H31N5O. The van der Waals surface area contributed by atoms with Crippen LogP contribution in [0.25, 0.3) is 0 Å². The average Bonchev–Trinajstić information content (AvgIpc) is 3.20. The fourth-order valence-electron chi connectivity index (χ4n) is 4.57. The molecule has 142 valence electrons. The van der Waals surface area contributed by atoms with E-state index in [4.69, 9.17) is 0 Å². The highest BCUT2D eigenvalue weighted by atomic mass is 16.2. The molecule has 0 aromatic carbocycles. The first-order chi connectivity index (χ1) is 12.8. The maximum Gasteiger partial charge on any atom is 0.276 e. The lowest BCUT2D eigenvalue weighted by Crippen LogP contribution is -2.38. The minimum absolute atomic E-state index is 0.0544. The molecule has 4 rings (SSSR count). The second kappa shape index (κ2) is 8.33. The topological polar surface area (TPSA) is 54.3 Å². The van der Waals surface area contributed by atoms with E-state index in [-0.39, 0.29) is 5.91 Å². The van der Waals surface area contributed by atoms with E-state index < -0.39 is 0 Å². The molecular weight excluding hydrogens is 326 g/mol. The van der Waals surface area contributed by atoms with Crippen LogP contribution in [0, 0.1) is 5.92 Å². The Balaban J connectivity index is 1.28. The number of rotatable bonds is 4. The number of hydrogen-bond acceptors (Lipinski definition) is 4. The maximum atomic E-state index is 12.6. The van der Waals surface area contributed by atoms with E-state index in [1.165, 1.54) is 32.2 Å². The number of allylic oxidation sites excluding steroid dienone is 2. The van der Waals surface area contributed by atoms with Gasteiger partial charge in [-0.15, -0.1) is 5.10 Å². The summed E-state index contributed by atoms with van der Waals surface area (Å²) in [7, 11) is 0. The van der Waals surface area contributed by atoms with Crippen LogP contribution in [-0.2, 0) is 0 Å². The van der Waals surface area contributed by atoms with Gasteiger partial charge in [-0.1, -0.05) is 17.4 Å². The highest BCUT2D eigenvalue weighted by Gasteiger charge is 2.26. The van der Waals surface area contributed by atoms with Gasteiger partial charge in [-0.05, 0) is 57.3 Å². The molecule has 6 heteroatoms. The van der Waals surface area contributed by atoms with Crippen LogP contribution >= 0.6 is 0 Å². The van der Waals surface area contributed by atoms with Crippen LogP contribution in [0.1, 0.15) is 67.9 Å². The highest BCUT2D eigenvalue weighted by Crippen LogP contribution is 2.25. The maximum absolute atomic E-state index is 12.6. The number of nitrogens with zero attached hydrogens (tertiary/aromatic N) is 5. The third kappa shape index (κ3) is 4.17. The van der Waals surface area contributed by atoms with E-state index in [1.807, 2.05) is 15.8 Å². The molecule has 0 bridgehead atoms. The summed E-state index contributed by atoms with van der Waals surface area (Å²) in [6.45, 7) is 5.20. The SMILES string of the molecule is O=C(c1cn(C2CCN(CC3CC=CCC3)CC2)nn1)N1CCCCC1. The van der Waals surface area contributed by atoms with Gasteiger partial charge in [-0.3, -0.25) is 4.79 Å². The summed E-state index contributed by atoms with van der Waals surface area (Å²) in [4.78, 5) is 17.1. The van der Waals surface area contributed by atoms with Crippen molar-refractivity contribution in [2.75, 3.05) is 32.7 Å². The molecule has 3 aliphatic rings. The van der Waals surface area contributed by atoms with Gasteiger partial charge >= 0.3 is 0 Å². The molecule has 2 saturated heterocycles. The molecule has 1 aromatic rings. The first-order valence-electron chi connectivity index (χ1n) is 10.4. The van der Waals surface area contributed by atoms with Crippen molar-refractivity contribution in [3.8, 4) is 0 Å². The minimum atomic E-state index is 0.0544. The van der Waals surface area contributed by atoms with Gasteiger partial charge in [0.1, 0.15) is 0 Å². The standard InChI is InChI=1S/C20H31N5O/c26-20(24-11-5-2-6-12-24)19-16-25(22-21-19)18-9-13-23(14-10-18)15-17-7-3-1-4-8-17/h1,3,16-18H,2,4-15H2. The lowest BCUT2D eigenvalue weighted by Gasteiger charge is -2.34. The van der Waals surface area contributed by atoms with E-state index >= 15 is 0 Å². The van der Waals surface area contributed by atoms with E-state index in [0.29, 0.717) is 11.7 Å². The molecule has 0 N–H and O–H groups in total. The molecule has 6 nitrogen and oxygen atoms in total. The number of amides is 1. The van der Waals surface area contributed by atoms with E-state index in [0.717, 1.165) is 57.8 Å². The molecule has 0 saturated carbocycles. The third-order valence-corrected chi connectivity index (χ3v) is 6.20. The minimum Gasteiger partial charge on any atom is -0.337 e. The average molecular weight is 358 g/mol. The lowest BCUT2D eigenvalue weighted by atomic mass is 9.93. The van der Waals surface area contributed by atoms with Gasteiger partial charge in [0.2, 0.25) is 0 Å². The number of carbonyl (C=O) groups excluding carboxylic acids is 1. The van der Waals surface area contributed by atoms with Gasteiger partial charge in [0.25, 0.3) is 5.91 Å². The van der Waals surface area contributed by atoms with Crippen molar-refractivity contribution in [3.05, 3.63) is 24.0 Å². The Labute approximate surface area is 156 Å². The van der Waals surface area contributed by atoms with E-state index in [9.17, 15) is 4.79 Å². The molecule has 1 atom stereocenters. The summed E-state index contributed by atoms with van der Waals surface area (Å²) in [5, 5.41) is 8.47. The van der Waals surface area contributed by atoms with Crippen molar-refractivity contribution in [3.63, 3.8) is 0 Å². The van der Waals surface area contributed by atoms with Gasteiger partial charge in [0.15, 0.2) is 5.69 Å². The number of hydrogen-bond donors (Lipinski definition) is 0. The molecule has 3 heterocycles. The summed E-state index contributed by atoms with van der Waals surface area (Å²) < 4.78 is 1.94. The first kappa shape index (κ1) is 17.7. The Morgan fingerprint density at radius 2 is 1.85 bits per heavy atom. The van der Waals surface area contributed by atoms with Crippen molar-refractivity contribution >= 4 is 5.91 Å². The number of carbonyl (C=O) groups is 1. The smallest absolute Gasteiger partial charge is 0.276 e. The highest BCUT2D eigenvalue weighted by molar-refractivity contribution is 5.91. The van der Waals surface area contributed by atoms with Crippen LogP contribution in [0.15, 0.2) is 18.3 Å². The predicted octanol–water partition coefficient (Wildman–Crippen LogP) is 2.90. The molecule has 1 amide bonds. The Hall–Kier alpha value is -1.69. The zero-order valence-electron chi connectivity index (χ0n) is 15.7. The number of likely N-dealkylation sites (tertiary alicyclic amines) is 2. The molecule has 26 heavy (non-hydrogen) atoms. The normalized spacial score (nSPS) is 25.5. The van der Waals surface area contributed by atoms with Crippen LogP contribution in [0.3, 0.4) is 0 Å². The fraction of sp³-hybridized carbons (Fsp3) is 0.750. The van der Waals surface area contributed by atoms with Crippen molar-refractivity contribution in [1.82, 2.24) is 24.8 Å². The van der Waals surface area contributed by atoms with E-state index in [1.54, 1.807) is 0 Å². The van der Waals surface area contributed by atoms with Crippen molar-refractivity contribution < 1.29 is 4.79 Å². The van der Waals surface area contributed by atoms with Crippen LogP contribution in [0.5, 0.6) is 0 Å². The van der Waals surface area contributed by atoms with Crippen LogP contribution in [-0.4, -0.2) is 63.4 Å². The summed E-state index contributed by atoms with van der Waals surface area (Å²) in [6, 6.07) is 0.382. The zero-order valence-corrected chi connectivity index (χ0v) is 15.7. The molecule has 2 aliphatic heterocycles. The summed E-state index contributed by atoms with van der Waals surface area (Å²) >= 11 is 0. The van der Waals surface area contributed by atoms with E-state index in [2.05, 4.69) is 27.4 Å². The largest absolute Gasteiger partial charge is 0.337 e. The molecule has 2 fully saturated rings. The Kier molecular flexibility index (Phi) is 5.68. The number of piperidine rings is 2. The molecule has 1 unspecified atom stereocenters. The second-order valence-corrected chi connectivity index (χ2v) is 8.12. The Morgan fingerprint density at radius 1 is 1.04 bits per heavy atom. The van der Waals surface area contributed by atoms with Crippen molar-refractivity contribution in [2.45, 2.75) is 57.4 Å². The molecule has 1 aliphatic carbocycles. The lowest BCUT2D eigenvalue weighted by molar-refractivity contribution is 0.0718. The van der Waals surface area contributed by atoms with Crippen molar-refractivity contribution in [1.29, 1.82) is 0 Å². The number of aromatic nitrogens is 3. The Morgan fingerprint density at radius 3 is 2.58 bits per heavy atom. The quantitative estimate of drug-likeness (QED) is 0.778.